The Bertz CT molecular complexity index is 1330. The molecule has 3 aromatic rings. The van der Waals surface area contributed by atoms with Crippen molar-refractivity contribution in [2.24, 2.45) is 5.16 Å². The quantitative estimate of drug-likeness (QED) is 0.454. The molecule has 39 heavy (non-hydrogen) atoms. The molecule has 1 saturated heterocycles. The predicted octanol–water partition coefficient (Wildman–Crippen LogP) is 4.44. The lowest BCUT2D eigenvalue weighted by Gasteiger charge is -2.26. The fourth-order valence-corrected chi connectivity index (χ4v) is 4.48. The summed E-state index contributed by atoms with van der Waals surface area (Å²) in [6, 6.07) is 14.5. The van der Waals surface area contributed by atoms with Gasteiger partial charge in [-0.05, 0) is 41.8 Å². The zero-order chi connectivity index (χ0) is 26.5. The zero-order valence-electron chi connectivity index (χ0n) is 21.4. The van der Waals surface area contributed by atoms with E-state index in [-0.39, 0.29) is 38.9 Å². The van der Waals surface area contributed by atoms with Crippen molar-refractivity contribution < 1.29 is 24.9 Å². The summed E-state index contributed by atoms with van der Waals surface area (Å²) >= 11 is 0. The van der Waals surface area contributed by atoms with Crippen molar-refractivity contribution in [2.75, 3.05) is 33.4 Å². The van der Waals surface area contributed by atoms with Gasteiger partial charge in [0.1, 0.15) is 17.2 Å². The summed E-state index contributed by atoms with van der Waals surface area (Å²) < 4.78 is 24.1. The number of methoxy groups -OCH3 is 1. The highest BCUT2D eigenvalue weighted by atomic mass is 19.1. The normalized spacial score (nSPS) is 17.1. The van der Waals surface area contributed by atoms with E-state index in [4.69, 9.17) is 14.3 Å². The largest absolute Gasteiger partial charge is 0.494 e. The Morgan fingerprint density at radius 2 is 1.87 bits per heavy atom. The average Bonchev–Trinajstić information content (AvgIpc) is 3.44. The Morgan fingerprint density at radius 3 is 2.62 bits per heavy atom. The number of aromatic nitrogens is 2. The molecule has 2 aliphatic heterocycles. The van der Waals surface area contributed by atoms with Gasteiger partial charge < -0.3 is 19.6 Å². The molecule has 5 rings (SSSR count). The van der Waals surface area contributed by atoms with Crippen LogP contribution in [0.3, 0.4) is 0 Å². The van der Waals surface area contributed by atoms with Crippen molar-refractivity contribution in [1.29, 1.82) is 0 Å². The lowest BCUT2D eigenvalue weighted by molar-refractivity contribution is 0.0342. The van der Waals surface area contributed by atoms with Crippen LogP contribution in [0.4, 0.5) is 4.39 Å². The zero-order valence-corrected chi connectivity index (χ0v) is 21.4. The molecule has 1 unspecified atom stereocenters. The first-order chi connectivity index (χ1) is 18.5. The molecule has 1 amide bonds. The van der Waals surface area contributed by atoms with E-state index in [9.17, 15) is 9.18 Å². The molecule has 9 nitrogen and oxygen atoms in total. The molecule has 1 atom stereocenters. The molecule has 0 bridgehead atoms. The molecule has 2 aromatic carbocycles. The van der Waals surface area contributed by atoms with E-state index in [1.807, 2.05) is 0 Å². The standard InChI is InChI=1S/C28H30FN5O4.CH4.H2/c1-18-31-23(14-25(32-18)28(35)30-16-20-5-8-22(29)27(13-20)36-2)24-15-26(38-33-24)21-6-3-19(4-7-21)17-34-9-11-37-12-10-34;;/h3-8,13-14,26H,9-12,15-17H2,1-2H3,(H,30,35);1H4;1H. The smallest absolute Gasteiger partial charge is 0.270 e. The van der Waals surface area contributed by atoms with Crippen LogP contribution in [0.1, 0.15) is 60.1 Å². The van der Waals surface area contributed by atoms with E-state index < -0.39 is 5.82 Å². The minimum atomic E-state index is -0.458. The van der Waals surface area contributed by atoms with Gasteiger partial charge in [-0.15, -0.1) is 0 Å². The molecule has 1 aromatic heterocycles. The number of hydrogen-bond acceptors (Lipinski definition) is 8. The molecular formula is C29H36FN5O4. The number of amides is 1. The number of hydrogen-bond donors (Lipinski definition) is 1. The minimum Gasteiger partial charge on any atom is -0.494 e. The summed E-state index contributed by atoms with van der Waals surface area (Å²) in [5, 5.41) is 7.08. The average molecular weight is 538 g/mol. The fourth-order valence-electron chi connectivity index (χ4n) is 4.48. The third-order valence-electron chi connectivity index (χ3n) is 6.57. The van der Waals surface area contributed by atoms with Gasteiger partial charge in [-0.3, -0.25) is 9.69 Å². The molecule has 1 N–H and O–H groups in total. The number of nitrogens with zero attached hydrogens (tertiary/aromatic N) is 4. The van der Waals surface area contributed by atoms with Crippen LogP contribution in [0, 0.1) is 12.7 Å². The Morgan fingerprint density at radius 1 is 1.13 bits per heavy atom. The third kappa shape index (κ3) is 6.96. The number of oxime groups is 1. The lowest BCUT2D eigenvalue weighted by Crippen LogP contribution is -2.35. The molecule has 2 aliphatic rings. The second-order valence-corrected chi connectivity index (χ2v) is 9.30. The van der Waals surface area contributed by atoms with Crippen LogP contribution in [-0.4, -0.2) is 59.9 Å². The SMILES string of the molecule is C.COc1cc(CNC(=O)c2cc(C3=NOC(c4ccc(CN5CCOCC5)cc4)C3)nc(C)n2)ccc1F.[HH]. The molecule has 0 radical (unpaired) electrons. The van der Waals surface area contributed by atoms with E-state index >= 15 is 0 Å². The van der Waals surface area contributed by atoms with Gasteiger partial charge in [0.2, 0.25) is 0 Å². The summed E-state index contributed by atoms with van der Waals surface area (Å²) in [5.74, 6) is -0.250. The highest BCUT2D eigenvalue weighted by molar-refractivity contribution is 6.02. The summed E-state index contributed by atoms with van der Waals surface area (Å²) in [7, 11) is 1.40. The van der Waals surface area contributed by atoms with Crippen molar-refractivity contribution in [2.45, 2.75) is 40.0 Å². The summed E-state index contributed by atoms with van der Waals surface area (Å²) in [4.78, 5) is 29.7. The molecule has 1 fully saturated rings. The number of morpholine rings is 1. The summed E-state index contributed by atoms with van der Waals surface area (Å²) in [6.45, 7) is 6.28. The van der Waals surface area contributed by atoms with Crippen LogP contribution in [0.2, 0.25) is 0 Å². The van der Waals surface area contributed by atoms with E-state index in [0.29, 0.717) is 29.2 Å². The Balaban J connectivity index is 0.00000220. The maximum absolute atomic E-state index is 13.7. The van der Waals surface area contributed by atoms with Crippen LogP contribution < -0.4 is 10.1 Å². The van der Waals surface area contributed by atoms with Crippen LogP contribution in [0.25, 0.3) is 0 Å². The van der Waals surface area contributed by atoms with E-state index in [0.717, 1.165) is 38.4 Å². The van der Waals surface area contributed by atoms with Crippen LogP contribution >= 0.6 is 0 Å². The number of halogens is 1. The van der Waals surface area contributed by atoms with Gasteiger partial charge in [0.25, 0.3) is 5.91 Å². The second kappa shape index (κ2) is 12.8. The minimum absolute atomic E-state index is 0. The van der Waals surface area contributed by atoms with Gasteiger partial charge in [0.05, 0.1) is 26.0 Å². The molecule has 10 heteroatoms. The van der Waals surface area contributed by atoms with Crippen LogP contribution in [-0.2, 0) is 22.7 Å². The molecule has 208 valence electrons. The maximum Gasteiger partial charge on any atom is 0.270 e. The van der Waals surface area contributed by atoms with Gasteiger partial charge in [-0.1, -0.05) is 42.9 Å². The van der Waals surface area contributed by atoms with Crippen molar-refractivity contribution in [3.05, 3.63) is 88.3 Å². The van der Waals surface area contributed by atoms with Crippen molar-refractivity contribution in [3.8, 4) is 5.75 Å². The number of rotatable bonds is 8. The van der Waals surface area contributed by atoms with Gasteiger partial charge in [-0.2, -0.15) is 0 Å². The first-order valence-corrected chi connectivity index (χ1v) is 12.6. The number of carbonyl (C=O) groups is 1. The number of nitrogens with one attached hydrogen (secondary N) is 1. The van der Waals surface area contributed by atoms with E-state index in [1.165, 1.54) is 18.7 Å². The second-order valence-electron chi connectivity index (χ2n) is 9.30. The topological polar surface area (TPSA) is 98.2 Å². The van der Waals surface area contributed by atoms with Gasteiger partial charge in [0, 0.05) is 34.0 Å². The number of carbonyl (C=O) groups excluding carboxylic acids is 1. The fraction of sp³-hybridized carbons (Fsp3) is 0.379. The summed E-state index contributed by atoms with van der Waals surface area (Å²) in [5.41, 5.74) is 4.42. The first kappa shape index (κ1) is 28.1. The van der Waals surface area contributed by atoms with E-state index in [1.54, 1.807) is 25.1 Å². The van der Waals surface area contributed by atoms with Gasteiger partial charge in [-0.25, -0.2) is 14.4 Å². The third-order valence-corrected chi connectivity index (χ3v) is 6.57. The van der Waals surface area contributed by atoms with Crippen LogP contribution in [0.15, 0.2) is 53.7 Å². The number of benzene rings is 2. The molecular weight excluding hydrogens is 501 g/mol. The van der Waals surface area contributed by atoms with Crippen molar-refractivity contribution in [1.82, 2.24) is 20.2 Å². The molecule has 3 heterocycles. The van der Waals surface area contributed by atoms with E-state index in [2.05, 4.69) is 49.6 Å². The first-order valence-electron chi connectivity index (χ1n) is 12.6. The Kier molecular flexibility index (Phi) is 9.21. The maximum atomic E-state index is 13.7. The molecule has 0 saturated carbocycles. The predicted molar refractivity (Wildman–Crippen MR) is 147 cm³/mol. The summed E-state index contributed by atoms with van der Waals surface area (Å²) in [6.07, 6.45) is 0.318. The van der Waals surface area contributed by atoms with Gasteiger partial charge >= 0.3 is 0 Å². The monoisotopic (exact) mass is 537 g/mol. The molecule has 0 aliphatic carbocycles. The highest BCUT2D eigenvalue weighted by Crippen LogP contribution is 2.29. The Labute approximate surface area is 229 Å². The van der Waals surface area contributed by atoms with Crippen molar-refractivity contribution >= 4 is 11.6 Å². The number of ether oxygens (including phenoxy) is 2. The van der Waals surface area contributed by atoms with Crippen LogP contribution in [0.5, 0.6) is 5.75 Å². The highest BCUT2D eigenvalue weighted by Gasteiger charge is 2.26. The number of aryl methyl sites for hydroxylation is 1. The van der Waals surface area contributed by atoms with Crippen molar-refractivity contribution in [3.63, 3.8) is 0 Å². The van der Waals surface area contributed by atoms with Gasteiger partial charge in [0.15, 0.2) is 17.7 Å². The Hall–Kier alpha value is -3.89. The molecule has 0 spiro atoms. The lowest BCUT2D eigenvalue weighted by atomic mass is 10.0.